The van der Waals surface area contributed by atoms with Gasteiger partial charge in [-0.2, -0.15) is 0 Å². The zero-order chi connectivity index (χ0) is 20.4. The van der Waals surface area contributed by atoms with Crippen LogP contribution in [0.5, 0.6) is 11.5 Å². The zero-order valence-electron chi connectivity index (χ0n) is 15.7. The maximum atomic E-state index is 13.5. The Morgan fingerprint density at radius 1 is 1.31 bits per heavy atom. The van der Waals surface area contributed by atoms with Gasteiger partial charge in [0.15, 0.2) is 0 Å². The standard InChI is InChI=1S/C20H20ClFN4O3/c1-28-14-6-17-19(18(7-14)29-9-12-4-13(27)8-23-12)20(25-10-24-17)26-11-2-3-16(22)15(21)5-11/h2-3,5-7,10,12-13,23,27H,4,8-9H2,1H3,(H,24,25,26)/t12-,13-/m1/s1. The molecule has 2 atom stereocenters. The first-order chi connectivity index (χ1) is 14.0. The Hall–Kier alpha value is -2.68. The van der Waals surface area contributed by atoms with Gasteiger partial charge in [-0.15, -0.1) is 0 Å². The van der Waals surface area contributed by atoms with Crippen molar-refractivity contribution in [2.45, 2.75) is 18.6 Å². The maximum Gasteiger partial charge on any atom is 0.145 e. The topological polar surface area (TPSA) is 88.5 Å². The molecule has 2 aromatic carbocycles. The molecule has 0 unspecified atom stereocenters. The average molecular weight is 419 g/mol. The number of nitrogens with one attached hydrogen (secondary N) is 2. The van der Waals surface area contributed by atoms with Crippen LogP contribution in [0, 0.1) is 5.82 Å². The van der Waals surface area contributed by atoms with Crippen LogP contribution < -0.4 is 20.1 Å². The summed E-state index contributed by atoms with van der Waals surface area (Å²) >= 11 is 5.89. The highest BCUT2D eigenvalue weighted by Crippen LogP contribution is 2.36. The Morgan fingerprint density at radius 2 is 2.17 bits per heavy atom. The molecule has 1 saturated heterocycles. The lowest BCUT2D eigenvalue weighted by molar-refractivity contribution is 0.187. The maximum absolute atomic E-state index is 13.5. The van der Waals surface area contributed by atoms with Gasteiger partial charge in [0.2, 0.25) is 0 Å². The summed E-state index contributed by atoms with van der Waals surface area (Å²) in [6.45, 7) is 0.921. The number of anilines is 2. The third kappa shape index (κ3) is 4.34. The van der Waals surface area contributed by atoms with Gasteiger partial charge in [-0.1, -0.05) is 11.6 Å². The van der Waals surface area contributed by atoms with E-state index in [0.717, 1.165) is 0 Å². The molecule has 0 saturated carbocycles. The molecule has 0 spiro atoms. The number of β-amino-alcohol motifs (C(OH)–C–C–N with tert-alkyl or cyclic N) is 1. The normalized spacial score (nSPS) is 18.8. The number of benzene rings is 2. The third-order valence-corrected chi connectivity index (χ3v) is 5.02. The first-order valence-corrected chi connectivity index (χ1v) is 9.50. The minimum absolute atomic E-state index is 0.0115. The molecule has 0 radical (unpaired) electrons. The number of halogens is 2. The number of hydrogen-bond acceptors (Lipinski definition) is 7. The van der Waals surface area contributed by atoms with E-state index in [1.807, 2.05) is 0 Å². The molecule has 1 aliphatic heterocycles. The van der Waals surface area contributed by atoms with Crippen LogP contribution in [0.1, 0.15) is 6.42 Å². The van der Waals surface area contributed by atoms with Gasteiger partial charge in [0.25, 0.3) is 0 Å². The summed E-state index contributed by atoms with van der Waals surface area (Å²) in [6, 6.07) is 7.93. The molecule has 1 aromatic heterocycles. The van der Waals surface area contributed by atoms with Crippen molar-refractivity contribution in [1.82, 2.24) is 15.3 Å². The largest absolute Gasteiger partial charge is 0.497 e. The summed E-state index contributed by atoms with van der Waals surface area (Å²) in [5, 5.41) is 16.7. The van der Waals surface area contributed by atoms with Crippen LogP contribution in [0.4, 0.5) is 15.9 Å². The molecule has 1 fully saturated rings. The van der Waals surface area contributed by atoms with Gasteiger partial charge in [0.05, 0.1) is 29.1 Å². The van der Waals surface area contributed by atoms with E-state index in [1.165, 1.54) is 18.5 Å². The molecule has 0 aliphatic carbocycles. The van der Waals surface area contributed by atoms with Crippen molar-refractivity contribution in [2.75, 3.05) is 25.6 Å². The van der Waals surface area contributed by atoms with E-state index in [1.54, 1.807) is 25.3 Å². The lowest BCUT2D eigenvalue weighted by Gasteiger charge is -2.17. The summed E-state index contributed by atoms with van der Waals surface area (Å²) in [6.07, 6.45) is 1.68. The monoisotopic (exact) mass is 418 g/mol. The Kier molecular flexibility index (Phi) is 5.66. The van der Waals surface area contributed by atoms with Crippen LogP contribution in [0.25, 0.3) is 10.9 Å². The third-order valence-electron chi connectivity index (χ3n) is 4.73. The highest BCUT2D eigenvalue weighted by molar-refractivity contribution is 6.31. The van der Waals surface area contributed by atoms with E-state index in [0.29, 0.717) is 53.5 Å². The molecule has 9 heteroatoms. The molecule has 3 aromatic rings. The summed E-state index contributed by atoms with van der Waals surface area (Å²) in [7, 11) is 1.57. The number of ether oxygens (including phenoxy) is 2. The molecule has 4 rings (SSSR count). The number of rotatable bonds is 6. The second-order valence-electron chi connectivity index (χ2n) is 6.80. The van der Waals surface area contributed by atoms with E-state index in [4.69, 9.17) is 21.1 Å². The zero-order valence-corrected chi connectivity index (χ0v) is 16.4. The van der Waals surface area contributed by atoms with Gasteiger partial charge in [-0.25, -0.2) is 14.4 Å². The lowest BCUT2D eigenvalue weighted by atomic mass is 10.2. The van der Waals surface area contributed by atoms with Gasteiger partial charge < -0.3 is 25.2 Å². The molecule has 7 nitrogen and oxygen atoms in total. The Morgan fingerprint density at radius 3 is 2.90 bits per heavy atom. The first kappa shape index (κ1) is 19.6. The van der Waals surface area contributed by atoms with Gasteiger partial charge in [-0.3, -0.25) is 0 Å². The van der Waals surface area contributed by atoms with E-state index in [-0.39, 0.29) is 17.2 Å². The Bertz CT molecular complexity index is 1040. The van der Waals surface area contributed by atoms with E-state index in [2.05, 4.69) is 20.6 Å². The predicted molar refractivity (Wildman–Crippen MR) is 109 cm³/mol. The van der Waals surface area contributed by atoms with Crippen LogP contribution >= 0.6 is 11.6 Å². The number of methoxy groups -OCH3 is 1. The first-order valence-electron chi connectivity index (χ1n) is 9.12. The SMILES string of the molecule is COc1cc(OC[C@H]2C[C@@H](O)CN2)c2c(Nc3ccc(F)c(Cl)c3)ncnc2c1. The summed E-state index contributed by atoms with van der Waals surface area (Å²) < 4.78 is 24.9. The molecule has 152 valence electrons. The van der Waals surface area contributed by atoms with Crippen molar-refractivity contribution in [3.05, 3.63) is 47.5 Å². The molecular weight excluding hydrogens is 399 g/mol. The Balaban J connectivity index is 1.69. The van der Waals surface area contributed by atoms with Crippen LogP contribution in [0.3, 0.4) is 0 Å². The minimum Gasteiger partial charge on any atom is -0.497 e. The number of aliphatic hydroxyl groups excluding tert-OH is 1. The minimum atomic E-state index is -0.496. The smallest absolute Gasteiger partial charge is 0.145 e. The predicted octanol–water partition coefficient (Wildman–Crippen LogP) is 3.28. The van der Waals surface area contributed by atoms with Gasteiger partial charge in [-0.05, 0) is 24.6 Å². The van der Waals surface area contributed by atoms with Gasteiger partial charge >= 0.3 is 0 Å². The van der Waals surface area contributed by atoms with Gasteiger partial charge in [0, 0.05) is 30.4 Å². The average Bonchev–Trinajstić information content (AvgIpc) is 3.14. The molecule has 1 aliphatic rings. The van der Waals surface area contributed by atoms with Gasteiger partial charge in [0.1, 0.15) is 36.1 Å². The second-order valence-corrected chi connectivity index (χ2v) is 7.21. The van der Waals surface area contributed by atoms with Crippen molar-refractivity contribution in [3.8, 4) is 11.5 Å². The number of fused-ring (bicyclic) bond motifs is 1. The summed E-state index contributed by atoms with van der Waals surface area (Å²) in [5.41, 5.74) is 1.21. The van der Waals surface area contributed by atoms with Crippen molar-refractivity contribution >= 4 is 34.0 Å². The molecule has 29 heavy (non-hydrogen) atoms. The summed E-state index contributed by atoms with van der Waals surface area (Å²) in [5.74, 6) is 1.14. The van der Waals surface area contributed by atoms with Crippen LogP contribution in [-0.2, 0) is 0 Å². The van der Waals surface area contributed by atoms with Crippen LogP contribution in [-0.4, -0.2) is 47.5 Å². The fourth-order valence-corrected chi connectivity index (χ4v) is 3.46. The fourth-order valence-electron chi connectivity index (χ4n) is 3.28. The fraction of sp³-hybridized carbons (Fsp3) is 0.300. The van der Waals surface area contributed by atoms with Crippen LogP contribution in [0.15, 0.2) is 36.7 Å². The molecule has 2 heterocycles. The van der Waals surface area contributed by atoms with E-state index < -0.39 is 5.82 Å². The van der Waals surface area contributed by atoms with Crippen molar-refractivity contribution in [2.24, 2.45) is 0 Å². The molecule has 0 amide bonds. The Labute approximate surface area is 171 Å². The van der Waals surface area contributed by atoms with E-state index >= 15 is 0 Å². The number of aliphatic hydroxyl groups is 1. The highest BCUT2D eigenvalue weighted by atomic mass is 35.5. The lowest BCUT2D eigenvalue weighted by Crippen LogP contribution is -2.28. The molecule has 3 N–H and O–H groups in total. The quantitative estimate of drug-likeness (QED) is 0.566. The van der Waals surface area contributed by atoms with E-state index in [9.17, 15) is 9.50 Å². The van der Waals surface area contributed by atoms with Crippen molar-refractivity contribution < 1.29 is 19.0 Å². The summed E-state index contributed by atoms with van der Waals surface area (Å²) in [4.78, 5) is 8.65. The number of hydrogen-bond donors (Lipinski definition) is 3. The van der Waals surface area contributed by atoms with Crippen molar-refractivity contribution in [3.63, 3.8) is 0 Å². The molecule has 0 bridgehead atoms. The van der Waals surface area contributed by atoms with Crippen LogP contribution in [0.2, 0.25) is 5.02 Å². The van der Waals surface area contributed by atoms with Crippen molar-refractivity contribution in [1.29, 1.82) is 0 Å². The highest BCUT2D eigenvalue weighted by Gasteiger charge is 2.23. The number of nitrogens with zero attached hydrogens (tertiary/aromatic N) is 2. The number of aromatic nitrogens is 2. The second kappa shape index (κ2) is 8.36. The molecular formula is C20H20ClFN4O3.